The molecule has 0 bridgehead atoms. The number of aromatic amines is 1. The highest BCUT2D eigenvalue weighted by atomic mass is 79.9. The van der Waals surface area contributed by atoms with E-state index in [-0.39, 0.29) is 4.84 Å². The van der Waals surface area contributed by atoms with E-state index in [1.165, 1.54) is 0 Å². The smallest absolute Gasteiger partial charge is 0.284 e. The van der Waals surface area contributed by atoms with Crippen molar-refractivity contribution in [2.24, 2.45) is 0 Å². The highest BCUT2D eigenvalue weighted by Gasteiger charge is 2.07. The highest BCUT2D eigenvalue weighted by molar-refractivity contribution is 9.10. The summed E-state index contributed by atoms with van der Waals surface area (Å²) in [5.74, 6) is 0.487. The summed E-state index contributed by atoms with van der Waals surface area (Å²) in [7, 11) is 0. The molecule has 0 unspecified atom stereocenters. The quantitative estimate of drug-likeness (QED) is 0.861. The maximum Gasteiger partial charge on any atom is 0.284 e. The van der Waals surface area contributed by atoms with Crippen LogP contribution in [0.4, 0.5) is 0 Å². The average Bonchev–Trinajstić information content (AvgIpc) is 2.67. The third-order valence-electron chi connectivity index (χ3n) is 2.18. The molecule has 88 valence electrons. The number of aromatic nitrogens is 2. The van der Waals surface area contributed by atoms with Gasteiger partial charge in [-0.2, -0.15) is 0 Å². The Bertz CT molecular complexity index is 618. The Morgan fingerprint density at radius 3 is 2.82 bits per heavy atom. The van der Waals surface area contributed by atoms with E-state index in [2.05, 4.69) is 26.1 Å². The van der Waals surface area contributed by atoms with Crippen molar-refractivity contribution >= 4 is 45.2 Å². The second kappa shape index (κ2) is 5.20. The normalized spacial score (nSPS) is 10.5. The van der Waals surface area contributed by atoms with Gasteiger partial charge >= 0.3 is 0 Å². The molecule has 0 radical (unpaired) electrons. The average molecular weight is 329 g/mol. The first-order chi connectivity index (χ1) is 8.06. The van der Waals surface area contributed by atoms with E-state index in [9.17, 15) is 0 Å². The van der Waals surface area contributed by atoms with E-state index in [4.69, 9.17) is 28.9 Å². The molecule has 1 aromatic heterocycles. The van der Waals surface area contributed by atoms with Crippen LogP contribution in [-0.4, -0.2) is 15.1 Å². The van der Waals surface area contributed by atoms with Crippen LogP contribution in [0.3, 0.4) is 0 Å². The van der Waals surface area contributed by atoms with E-state index in [0.717, 1.165) is 26.9 Å². The Balaban J connectivity index is 2.37. The molecule has 0 amide bonds. The zero-order chi connectivity index (χ0) is 12.4. The summed E-state index contributed by atoms with van der Waals surface area (Å²) in [5, 5.41) is 6.57. The lowest BCUT2D eigenvalue weighted by Gasteiger charge is -2.04. The van der Waals surface area contributed by atoms with E-state index in [1.54, 1.807) is 0 Å². The summed E-state index contributed by atoms with van der Waals surface area (Å²) in [5.41, 5.74) is 2.02. The third-order valence-corrected chi connectivity index (χ3v) is 3.23. The minimum absolute atomic E-state index is 0.273. The summed E-state index contributed by atoms with van der Waals surface area (Å²) in [4.78, 5) is 1.23. The van der Waals surface area contributed by atoms with Gasteiger partial charge in [0, 0.05) is 16.5 Å². The first-order valence-corrected chi connectivity index (χ1v) is 6.51. The van der Waals surface area contributed by atoms with Crippen LogP contribution in [0, 0.1) is 4.84 Å². The van der Waals surface area contributed by atoms with Crippen molar-refractivity contribution in [3.05, 3.63) is 33.1 Å². The zero-order valence-corrected chi connectivity index (χ0v) is 12.2. The summed E-state index contributed by atoms with van der Waals surface area (Å²) < 4.78 is 6.24. The molecule has 1 heterocycles. The van der Waals surface area contributed by atoms with Gasteiger partial charge in [0.25, 0.3) is 4.84 Å². The van der Waals surface area contributed by atoms with Crippen LogP contribution >= 0.6 is 40.4 Å². The second-order valence-electron chi connectivity index (χ2n) is 3.60. The molecule has 0 atom stereocenters. The van der Waals surface area contributed by atoms with Gasteiger partial charge in [-0.05, 0) is 41.7 Å². The molecule has 6 heteroatoms. The molecule has 1 aromatic carbocycles. The van der Waals surface area contributed by atoms with Gasteiger partial charge < -0.3 is 4.42 Å². The first-order valence-electron chi connectivity index (χ1n) is 4.90. The number of benzene rings is 1. The van der Waals surface area contributed by atoms with Crippen LogP contribution in [0.1, 0.15) is 12.5 Å². The molecular formula is C11H9BrN2OS2. The van der Waals surface area contributed by atoms with Crippen molar-refractivity contribution < 1.29 is 4.42 Å². The van der Waals surface area contributed by atoms with Crippen molar-refractivity contribution in [3.63, 3.8) is 0 Å². The van der Waals surface area contributed by atoms with E-state index < -0.39 is 0 Å². The predicted octanol–water partition coefficient (Wildman–Crippen LogP) is 4.09. The Hall–Kier alpha value is -0.850. The fraction of sp³-hybridized carbons (Fsp3) is 0.182. The van der Waals surface area contributed by atoms with Crippen LogP contribution in [0.2, 0.25) is 0 Å². The molecular weight excluding hydrogens is 320 g/mol. The summed E-state index contributed by atoms with van der Waals surface area (Å²) in [6.07, 6.45) is 0.778. The predicted molar refractivity (Wildman–Crippen MR) is 76.8 cm³/mol. The molecule has 1 N–H and O–H groups in total. The molecule has 0 saturated heterocycles. The SMILES string of the molecule is CC(=S)Cc1ccc(-c2n[nH]c(=S)o2)cc1Br. The van der Waals surface area contributed by atoms with E-state index in [1.807, 2.05) is 25.1 Å². The molecule has 2 rings (SSSR count). The largest absolute Gasteiger partial charge is 0.409 e. The monoisotopic (exact) mass is 328 g/mol. The topological polar surface area (TPSA) is 41.8 Å². The molecule has 0 aliphatic heterocycles. The standard InChI is InChI=1S/C11H9BrN2OS2/c1-6(16)4-7-2-3-8(5-9(7)12)10-13-14-11(17)15-10/h2-3,5H,4H2,1H3,(H,14,17). The van der Waals surface area contributed by atoms with Crippen LogP contribution in [-0.2, 0) is 6.42 Å². The second-order valence-corrected chi connectivity index (χ2v) is 5.53. The van der Waals surface area contributed by atoms with Gasteiger partial charge in [0.1, 0.15) is 0 Å². The first kappa shape index (κ1) is 12.6. The highest BCUT2D eigenvalue weighted by Crippen LogP contribution is 2.25. The zero-order valence-electron chi connectivity index (χ0n) is 8.99. The molecule has 0 spiro atoms. The molecule has 0 saturated carbocycles. The van der Waals surface area contributed by atoms with Gasteiger partial charge in [0.15, 0.2) is 0 Å². The molecule has 3 nitrogen and oxygen atoms in total. The number of hydrogen-bond acceptors (Lipinski definition) is 4. The lowest BCUT2D eigenvalue weighted by Crippen LogP contribution is -1.95. The number of nitrogens with zero attached hydrogens (tertiary/aromatic N) is 1. The van der Waals surface area contributed by atoms with E-state index >= 15 is 0 Å². The molecule has 0 aliphatic rings. The maximum absolute atomic E-state index is 5.25. The van der Waals surface area contributed by atoms with Crippen molar-refractivity contribution in [1.82, 2.24) is 10.2 Å². The minimum atomic E-state index is 0.273. The number of rotatable bonds is 3. The molecule has 0 aliphatic carbocycles. The number of halogens is 1. The van der Waals surface area contributed by atoms with Crippen LogP contribution in [0.15, 0.2) is 27.1 Å². The number of nitrogens with one attached hydrogen (secondary N) is 1. The number of hydrogen-bond donors (Lipinski definition) is 1. The maximum atomic E-state index is 5.25. The summed E-state index contributed by atoms with van der Waals surface area (Å²) in [6.45, 7) is 1.93. The fourth-order valence-electron chi connectivity index (χ4n) is 1.45. The van der Waals surface area contributed by atoms with Crippen molar-refractivity contribution in [2.45, 2.75) is 13.3 Å². The van der Waals surface area contributed by atoms with E-state index in [0.29, 0.717) is 5.89 Å². The van der Waals surface area contributed by atoms with Gasteiger partial charge in [-0.1, -0.05) is 34.2 Å². The fourth-order valence-corrected chi connectivity index (χ4v) is 2.24. The molecule has 0 fully saturated rings. The van der Waals surface area contributed by atoms with Gasteiger partial charge in [-0.15, -0.1) is 5.10 Å². The third kappa shape index (κ3) is 3.08. The molecule has 2 aromatic rings. The lowest BCUT2D eigenvalue weighted by molar-refractivity contribution is 0.552. The van der Waals surface area contributed by atoms with Crippen LogP contribution in [0.25, 0.3) is 11.5 Å². The number of H-pyrrole nitrogens is 1. The summed E-state index contributed by atoms with van der Waals surface area (Å²) in [6, 6.07) is 5.89. The van der Waals surface area contributed by atoms with Crippen molar-refractivity contribution in [3.8, 4) is 11.5 Å². The van der Waals surface area contributed by atoms with Gasteiger partial charge in [0.2, 0.25) is 5.89 Å². The van der Waals surface area contributed by atoms with Crippen LogP contribution in [0.5, 0.6) is 0 Å². The summed E-state index contributed by atoms with van der Waals surface area (Å²) >= 11 is 13.4. The van der Waals surface area contributed by atoms with Gasteiger partial charge in [-0.3, -0.25) is 0 Å². The Morgan fingerprint density at radius 1 is 1.53 bits per heavy atom. The Labute approximate surface area is 117 Å². The Kier molecular flexibility index (Phi) is 3.86. The van der Waals surface area contributed by atoms with Crippen LogP contribution < -0.4 is 0 Å². The lowest BCUT2D eigenvalue weighted by atomic mass is 10.1. The van der Waals surface area contributed by atoms with Gasteiger partial charge in [0.05, 0.1) is 0 Å². The van der Waals surface area contributed by atoms with Crippen molar-refractivity contribution in [2.75, 3.05) is 0 Å². The van der Waals surface area contributed by atoms with Crippen molar-refractivity contribution in [1.29, 1.82) is 0 Å². The molecule has 17 heavy (non-hydrogen) atoms. The Morgan fingerprint density at radius 2 is 2.29 bits per heavy atom. The minimum Gasteiger partial charge on any atom is -0.409 e. The van der Waals surface area contributed by atoms with Gasteiger partial charge in [-0.25, -0.2) is 5.10 Å². The number of thiocarbonyl (C=S) groups is 1.